The molecular weight excluding hydrogens is 138 g/mol. The van der Waals surface area contributed by atoms with Crippen molar-refractivity contribution in [2.75, 3.05) is 6.54 Å². The molecule has 0 aliphatic carbocycles. The second kappa shape index (κ2) is 6.20. The Morgan fingerprint density at radius 2 is 2.00 bits per heavy atom. The Kier molecular flexibility index (Phi) is 5.90. The molecule has 1 amide bonds. The van der Waals surface area contributed by atoms with Crippen LogP contribution in [0.2, 0.25) is 0 Å². The first kappa shape index (κ1) is 10.5. The van der Waals surface area contributed by atoms with Crippen LogP contribution in [-0.2, 0) is 4.79 Å². The molecule has 0 unspecified atom stereocenters. The predicted octanol–water partition coefficient (Wildman–Crippen LogP) is 1.95. The van der Waals surface area contributed by atoms with Gasteiger partial charge in [-0.15, -0.1) is 0 Å². The number of amides is 1. The number of carbonyl (C=O) groups excluding carboxylic acids is 1. The third-order valence-electron chi connectivity index (χ3n) is 1.58. The van der Waals surface area contributed by atoms with Crippen LogP contribution in [0.25, 0.3) is 0 Å². The minimum Gasteiger partial charge on any atom is -0.356 e. The summed E-state index contributed by atoms with van der Waals surface area (Å²) in [4.78, 5) is 10.4. The highest BCUT2D eigenvalue weighted by Gasteiger charge is 1.94. The molecule has 0 fully saturated rings. The lowest BCUT2D eigenvalue weighted by atomic mass is 10.1. The Morgan fingerprint density at radius 3 is 2.45 bits per heavy atom. The molecule has 11 heavy (non-hydrogen) atoms. The maximum Gasteiger partial charge on any atom is 0.216 e. The van der Waals surface area contributed by atoms with E-state index in [2.05, 4.69) is 19.2 Å². The number of hydrogen-bond acceptors (Lipinski definition) is 1. The monoisotopic (exact) mass is 157 g/mol. The van der Waals surface area contributed by atoms with Crippen LogP contribution in [0.5, 0.6) is 0 Å². The summed E-state index contributed by atoms with van der Waals surface area (Å²) in [6, 6.07) is 0. The van der Waals surface area contributed by atoms with Crippen molar-refractivity contribution in [2.24, 2.45) is 5.92 Å². The lowest BCUT2D eigenvalue weighted by molar-refractivity contribution is -0.118. The van der Waals surface area contributed by atoms with Gasteiger partial charge in [-0.1, -0.05) is 26.7 Å². The van der Waals surface area contributed by atoms with Crippen LogP contribution in [0, 0.1) is 5.92 Å². The summed E-state index contributed by atoms with van der Waals surface area (Å²) in [7, 11) is 0. The first-order valence-electron chi connectivity index (χ1n) is 4.37. The van der Waals surface area contributed by atoms with Gasteiger partial charge in [-0.2, -0.15) is 0 Å². The van der Waals surface area contributed by atoms with Crippen molar-refractivity contribution >= 4 is 5.91 Å². The lowest BCUT2D eigenvalue weighted by Crippen LogP contribution is -2.20. The average molecular weight is 157 g/mol. The second-order valence-electron chi connectivity index (χ2n) is 3.37. The van der Waals surface area contributed by atoms with Gasteiger partial charge in [0.05, 0.1) is 0 Å². The molecule has 0 aliphatic rings. The molecule has 66 valence electrons. The molecule has 2 nitrogen and oxygen atoms in total. The number of unbranched alkanes of at least 4 members (excludes halogenated alkanes) is 1. The largest absolute Gasteiger partial charge is 0.356 e. The van der Waals surface area contributed by atoms with E-state index < -0.39 is 0 Å². The van der Waals surface area contributed by atoms with Gasteiger partial charge in [0.15, 0.2) is 0 Å². The minimum absolute atomic E-state index is 0.0783. The van der Waals surface area contributed by atoms with Gasteiger partial charge in [0.25, 0.3) is 0 Å². The molecule has 0 aromatic rings. The average Bonchev–Trinajstić information content (AvgIpc) is 1.85. The zero-order chi connectivity index (χ0) is 8.69. The molecule has 0 rings (SSSR count). The van der Waals surface area contributed by atoms with E-state index >= 15 is 0 Å². The van der Waals surface area contributed by atoms with Crippen LogP contribution in [0.15, 0.2) is 0 Å². The van der Waals surface area contributed by atoms with Gasteiger partial charge in [0, 0.05) is 13.5 Å². The molecule has 2 heteroatoms. The van der Waals surface area contributed by atoms with E-state index in [1.165, 1.54) is 12.8 Å². The number of nitrogens with one attached hydrogen (secondary N) is 1. The van der Waals surface area contributed by atoms with Gasteiger partial charge in [-0.05, 0) is 12.3 Å². The van der Waals surface area contributed by atoms with Crippen LogP contribution in [0.3, 0.4) is 0 Å². The van der Waals surface area contributed by atoms with Gasteiger partial charge in [-0.3, -0.25) is 4.79 Å². The molecule has 0 aromatic carbocycles. The van der Waals surface area contributed by atoms with E-state index in [0.717, 1.165) is 18.9 Å². The van der Waals surface area contributed by atoms with Crippen molar-refractivity contribution in [3.05, 3.63) is 0 Å². The van der Waals surface area contributed by atoms with Crippen molar-refractivity contribution in [3.63, 3.8) is 0 Å². The summed E-state index contributed by atoms with van der Waals surface area (Å²) in [5.74, 6) is 0.863. The SMILES string of the molecule is CC(=O)NCCCCC(C)C. The summed E-state index contributed by atoms with van der Waals surface area (Å²) < 4.78 is 0. The Bertz CT molecular complexity index is 110. The molecule has 0 aromatic heterocycles. The van der Waals surface area contributed by atoms with Gasteiger partial charge < -0.3 is 5.32 Å². The summed E-state index contributed by atoms with van der Waals surface area (Å²) in [5, 5.41) is 2.78. The van der Waals surface area contributed by atoms with E-state index in [4.69, 9.17) is 0 Å². The molecule has 0 atom stereocenters. The predicted molar refractivity (Wildman–Crippen MR) is 47.4 cm³/mol. The van der Waals surface area contributed by atoms with Gasteiger partial charge in [0.1, 0.15) is 0 Å². The van der Waals surface area contributed by atoms with Gasteiger partial charge >= 0.3 is 0 Å². The lowest BCUT2D eigenvalue weighted by Gasteiger charge is -2.04. The smallest absolute Gasteiger partial charge is 0.216 e. The minimum atomic E-state index is 0.0783. The van der Waals surface area contributed by atoms with E-state index in [-0.39, 0.29) is 5.91 Å². The van der Waals surface area contributed by atoms with E-state index in [1.54, 1.807) is 6.92 Å². The van der Waals surface area contributed by atoms with Gasteiger partial charge in [-0.25, -0.2) is 0 Å². The first-order chi connectivity index (χ1) is 5.13. The Labute approximate surface area is 69.4 Å². The molecule has 0 radical (unpaired) electrons. The zero-order valence-corrected chi connectivity index (χ0v) is 7.81. The summed E-state index contributed by atoms with van der Waals surface area (Å²) >= 11 is 0. The topological polar surface area (TPSA) is 29.1 Å². The Balaban J connectivity index is 2.97. The molecule has 0 spiro atoms. The fourth-order valence-corrected chi connectivity index (χ4v) is 0.942. The van der Waals surface area contributed by atoms with Crippen LogP contribution in [0.1, 0.15) is 40.0 Å². The Morgan fingerprint density at radius 1 is 1.36 bits per heavy atom. The maximum atomic E-state index is 10.4. The first-order valence-corrected chi connectivity index (χ1v) is 4.37. The van der Waals surface area contributed by atoms with E-state index in [9.17, 15) is 4.79 Å². The number of carbonyl (C=O) groups is 1. The molecule has 0 aliphatic heterocycles. The van der Waals surface area contributed by atoms with Gasteiger partial charge in [0.2, 0.25) is 5.91 Å². The van der Waals surface area contributed by atoms with Crippen LogP contribution < -0.4 is 5.32 Å². The molecule has 0 bridgehead atoms. The molecule has 0 saturated heterocycles. The highest BCUT2D eigenvalue weighted by molar-refractivity contribution is 5.72. The standard InChI is InChI=1S/C9H19NO/c1-8(2)6-4-5-7-10-9(3)11/h8H,4-7H2,1-3H3,(H,10,11). The number of rotatable bonds is 5. The highest BCUT2D eigenvalue weighted by atomic mass is 16.1. The third-order valence-corrected chi connectivity index (χ3v) is 1.58. The highest BCUT2D eigenvalue weighted by Crippen LogP contribution is 2.04. The van der Waals surface area contributed by atoms with Crippen LogP contribution in [-0.4, -0.2) is 12.5 Å². The van der Waals surface area contributed by atoms with Crippen molar-refractivity contribution in [1.29, 1.82) is 0 Å². The summed E-state index contributed by atoms with van der Waals surface area (Å²) in [6.45, 7) is 6.83. The number of hydrogen-bond donors (Lipinski definition) is 1. The molecule has 1 N–H and O–H groups in total. The van der Waals surface area contributed by atoms with E-state index in [1.807, 2.05) is 0 Å². The van der Waals surface area contributed by atoms with Crippen LogP contribution in [0.4, 0.5) is 0 Å². The molecule has 0 saturated carbocycles. The second-order valence-corrected chi connectivity index (χ2v) is 3.37. The molecular formula is C9H19NO. The fraction of sp³-hybridized carbons (Fsp3) is 0.889. The quantitative estimate of drug-likeness (QED) is 0.607. The fourth-order valence-electron chi connectivity index (χ4n) is 0.942. The van der Waals surface area contributed by atoms with Crippen molar-refractivity contribution in [1.82, 2.24) is 5.32 Å². The van der Waals surface area contributed by atoms with Crippen molar-refractivity contribution in [3.8, 4) is 0 Å². The van der Waals surface area contributed by atoms with E-state index in [0.29, 0.717) is 0 Å². The summed E-state index contributed by atoms with van der Waals surface area (Å²) in [6.07, 6.45) is 3.59. The maximum absolute atomic E-state index is 10.4. The molecule has 0 heterocycles. The third kappa shape index (κ3) is 9.47. The Hall–Kier alpha value is -0.530. The van der Waals surface area contributed by atoms with Crippen molar-refractivity contribution < 1.29 is 4.79 Å². The normalized spacial score (nSPS) is 10.2. The van der Waals surface area contributed by atoms with Crippen molar-refractivity contribution in [2.45, 2.75) is 40.0 Å². The zero-order valence-electron chi connectivity index (χ0n) is 7.81. The summed E-state index contributed by atoms with van der Waals surface area (Å²) in [5.41, 5.74) is 0. The van der Waals surface area contributed by atoms with Crippen LogP contribution >= 0.6 is 0 Å².